The second-order valence-corrected chi connectivity index (χ2v) is 8.17. The molecular formula is C26H27N3O2. The molecule has 0 unspecified atom stereocenters. The number of ether oxygens (including phenoxy) is 1. The van der Waals surface area contributed by atoms with E-state index < -0.39 is 0 Å². The maximum atomic E-state index is 13.4. The van der Waals surface area contributed by atoms with Crippen LogP contribution >= 0.6 is 0 Å². The Morgan fingerprint density at radius 2 is 1.68 bits per heavy atom. The number of carbonyl (C=O) groups excluding carboxylic acids is 1. The quantitative estimate of drug-likeness (QED) is 0.624. The number of nitrogens with one attached hydrogen (secondary N) is 1. The van der Waals surface area contributed by atoms with E-state index in [4.69, 9.17) is 4.74 Å². The Balaban J connectivity index is 1.44. The molecule has 3 aromatic rings. The van der Waals surface area contributed by atoms with Crippen molar-refractivity contribution in [1.82, 2.24) is 4.90 Å². The lowest BCUT2D eigenvalue weighted by molar-refractivity contribution is 0.0427. The SMILES string of the molecule is CN(c1ccccc1)c1ccc([C@H]2Nc3ccccc3C(=O)N2C[C@@H]2CCCO2)cc1. The zero-order valence-electron chi connectivity index (χ0n) is 17.7. The van der Waals surface area contributed by atoms with Crippen LogP contribution in [0.3, 0.4) is 0 Å². The number of amides is 1. The molecule has 2 aliphatic heterocycles. The number of fused-ring (bicyclic) bond motifs is 1. The highest BCUT2D eigenvalue weighted by molar-refractivity contribution is 6.01. The van der Waals surface area contributed by atoms with E-state index in [9.17, 15) is 4.79 Å². The molecule has 5 nitrogen and oxygen atoms in total. The van der Waals surface area contributed by atoms with Gasteiger partial charge in [-0.3, -0.25) is 4.79 Å². The minimum Gasteiger partial charge on any atom is -0.376 e. The average Bonchev–Trinajstić information content (AvgIpc) is 3.34. The van der Waals surface area contributed by atoms with E-state index in [0.717, 1.165) is 47.6 Å². The number of carbonyl (C=O) groups is 1. The predicted molar refractivity (Wildman–Crippen MR) is 124 cm³/mol. The minimum absolute atomic E-state index is 0.0559. The van der Waals surface area contributed by atoms with Crippen LogP contribution in [0.4, 0.5) is 17.1 Å². The Hall–Kier alpha value is -3.31. The second-order valence-electron chi connectivity index (χ2n) is 8.17. The minimum atomic E-state index is -0.220. The van der Waals surface area contributed by atoms with Gasteiger partial charge in [0.25, 0.3) is 5.91 Å². The smallest absolute Gasteiger partial charge is 0.257 e. The molecular weight excluding hydrogens is 386 g/mol. The number of para-hydroxylation sites is 2. The number of hydrogen-bond acceptors (Lipinski definition) is 4. The Bertz CT molecular complexity index is 1050. The normalized spacial score (nSPS) is 20.3. The molecule has 0 radical (unpaired) electrons. The third-order valence-corrected chi connectivity index (χ3v) is 6.19. The number of anilines is 3. The summed E-state index contributed by atoms with van der Waals surface area (Å²) in [6, 6.07) is 26.5. The fourth-order valence-corrected chi connectivity index (χ4v) is 4.43. The second kappa shape index (κ2) is 8.44. The van der Waals surface area contributed by atoms with Crippen LogP contribution < -0.4 is 10.2 Å². The van der Waals surface area contributed by atoms with Gasteiger partial charge in [0.2, 0.25) is 0 Å². The van der Waals surface area contributed by atoms with Crippen molar-refractivity contribution in [1.29, 1.82) is 0 Å². The number of benzene rings is 3. The van der Waals surface area contributed by atoms with Crippen LogP contribution in [-0.4, -0.2) is 37.1 Å². The number of hydrogen-bond donors (Lipinski definition) is 1. The summed E-state index contributed by atoms with van der Waals surface area (Å²) in [5, 5.41) is 3.58. The number of nitrogens with zero attached hydrogens (tertiary/aromatic N) is 2. The molecule has 158 valence electrons. The first-order valence-corrected chi connectivity index (χ1v) is 10.9. The fourth-order valence-electron chi connectivity index (χ4n) is 4.43. The summed E-state index contributed by atoms with van der Waals surface area (Å²) in [5.74, 6) is 0.0559. The van der Waals surface area contributed by atoms with E-state index >= 15 is 0 Å². The van der Waals surface area contributed by atoms with Crippen LogP contribution in [0.5, 0.6) is 0 Å². The lowest BCUT2D eigenvalue weighted by atomic mass is 10.0. The summed E-state index contributed by atoms with van der Waals surface area (Å²) in [5.41, 5.74) is 4.90. The molecule has 0 aliphatic carbocycles. The van der Waals surface area contributed by atoms with Gasteiger partial charge in [0.05, 0.1) is 11.7 Å². The van der Waals surface area contributed by atoms with Crippen molar-refractivity contribution < 1.29 is 9.53 Å². The average molecular weight is 414 g/mol. The Labute approximate surface area is 183 Å². The van der Waals surface area contributed by atoms with Gasteiger partial charge in [0.1, 0.15) is 6.17 Å². The van der Waals surface area contributed by atoms with Crippen molar-refractivity contribution in [3.63, 3.8) is 0 Å². The highest BCUT2D eigenvalue weighted by atomic mass is 16.5. The summed E-state index contributed by atoms with van der Waals surface area (Å²) in [6.45, 7) is 1.37. The van der Waals surface area contributed by atoms with E-state index in [2.05, 4.69) is 53.7 Å². The lowest BCUT2D eigenvalue weighted by Gasteiger charge is -2.39. The van der Waals surface area contributed by atoms with Crippen LogP contribution in [-0.2, 0) is 4.74 Å². The van der Waals surface area contributed by atoms with E-state index in [1.165, 1.54) is 0 Å². The summed E-state index contributed by atoms with van der Waals surface area (Å²) >= 11 is 0. The van der Waals surface area contributed by atoms with Crippen LogP contribution in [0.2, 0.25) is 0 Å². The first-order valence-electron chi connectivity index (χ1n) is 10.9. The molecule has 1 N–H and O–H groups in total. The van der Waals surface area contributed by atoms with E-state index in [0.29, 0.717) is 6.54 Å². The molecule has 5 heteroatoms. The Morgan fingerprint density at radius 1 is 0.968 bits per heavy atom. The molecule has 2 heterocycles. The molecule has 0 saturated carbocycles. The summed E-state index contributed by atoms with van der Waals surface area (Å²) in [4.78, 5) is 17.5. The molecule has 2 aliphatic rings. The zero-order chi connectivity index (χ0) is 21.2. The predicted octanol–water partition coefficient (Wildman–Crippen LogP) is 5.20. The molecule has 1 saturated heterocycles. The summed E-state index contributed by atoms with van der Waals surface area (Å²) in [7, 11) is 2.06. The molecule has 0 spiro atoms. The van der Waals surface area contributed by atoms with Crippen LogP contribution in [0, 0.1) is 0 Å². The topological polar surface area (TPSA) is 44.8 Å². The van der Waals surface area contributed by atoms with Crippen LogP contribution in [0.1, 0.15) is 34.9 Å². The van der Waals surface area contributed by atoms with Gasteiger partial charge in [0, 0.05) is 37.3 Å². The molecule has 1 fully saturated rings. The van der Waals surface area contributed by atoms with E-state index in [-0.39, 0.29) is 18.2 Å². The van der Waals surface area contributed by atoms with Gasteiger partial charge in [-0.1, -0.05) is 42.5 Å². The van der Waals surface area contributed by atoms with Gasteiger partial charge in [-0.25, -0.2) is 0 Å². The molecule has 1 amide bonds. The highest BCUT2D eigenvalue weighted by Crippen LogP contribution is 2.35. The monoisotopic (exact) mass is 413 g/mol. The first kappa shape index (κ1) is 19.6. The fraction of sp³-hybridized carbons (Fsp3) is 0.269. The Kier molecular flexibility index (Phi) is 5.35. The van der Waals surface area contributed by atoms with Crippen molar-refractivity contribution in [2.45, 2.75) is 25.1 Å². The molecule has 0 aromatic heterocycles. The third kappa shape index (κ3) is 3.89. The van der Waals surface area contributed by atoms with Crippen LogP contribution in [0.25, 0.3) is 0 Å². The molecule has 31 heavy (non-hydrogen) atoms. The zero-order valence-corrected chi connectivity index (χ0v) is 17.7. The molecule has 3 aromatic carbocycles. The molecule has 5 rings (SSSR count). The van der Waals surface area contributed by atoms with Crippen molar-refractivity contribution in [2.75, 3.05) is 30.4 Å². The molecule has 0 bridgehead atoms. The Morgan fingerprint density at radius 3 is 2.42 bits per heavy atom. The third-order valence-electron chi connectivity index (χ3n) is 6.19. The largest absolute Gasteiger partial charge is 0.376 e. The van der Waals surface area contributed by atoms with Gasteiger partial charge < -0.3 is 19.9 Å². The lowest BCUT2D eigenvalue weighted by Crippen LogP contribution is -2.46. The maximum absolute atomic E-state index is 13.4. The van der Waals surface area contributed by atoms with Crippen molar-refractivity contribution in [2.24, 2.45) is 0 Å². The van der Waals surface area contributed by atoms with E-state index in [1.54, 1.807) is 0 Å². The van der Waals surface area contributed by atoms with Gasteiger partial charge in [-0.15, -0.1) is 0 Å². The summed E-state index contributed by atoms with van der Waals surface area (Å²) in [6.07, 6.45) is 1.94. The number of rotatable bonds is 5. The maximum Gasteiger partial charge on any atom is 0.257 e. The van der Waals surface area contributed by atoms with E-state index in [1.807, 2.05) is 47.4 Å². The van der Waals surface area contributed by atoms with Gasteiger partial charge in [-0.2, -0.15) is 0 Å². The van der Waals surface area contributed by atoms with Crippen molar-refractivity contribution >= 4 is 23.0 Å². The van der Waals surface area contributed by atoms with Crippen molar-refractivity contribution in [3.8, 4) is 0 Å². The van der Waals surface area contributed by atoms with Gasteiger partial charge in [0.15, 0.2) is 0 Å². The summed E-state index contributed by atoms with van der Waals surface area (Å²) < 4.78 is 5.85. The van der Waals surface area contributed by atoms with Crippen molar-refractivity contribution in [3.05, 3.63) is 90.0 Å². The van der Waals surface area contributed by atoms with Gasteiger partial charge >= 0.3 is 0 Å². The standard InChI is InChI=1S/C26H27N3O2/c1-28(20-8-3-2-4-9-20)21-15-13-19(14-16-21)25-27-24-12-6-5-11-23(24)26(30)29(25)18-22-10-7-17-31-22/h2-6,8-9,11-16,22,25,27H,7,10,17-18H2,1H3/t22-,25-/m0/s1. The van der Waals surface area contributed by atoms with Crippen LogP contribution in [0.15, 0.2) is 78.9 Å². The first-order chi connectivity index (χ1) is 15.2. The highest BCUT2D eigenvalue weighted by Gasteiger charge is 2.35. The van der Waals surface area contributed by atoms with Gasteiger partial charge in [-0.05, 0) is 54.8 Å². The molecule has 2 atom stereocenters.